The minimum atomic E-state index is -4.50. The summed E-state index contributed by atoms with van der Waals surface area (Å²) in [5, 5.41) is 2.20. The van der Waals surface area contributed by atoms with E-state index in [1.54, 1.807) is 0 Å². The van der Waals surface area contributed by atoms with Gasteiger partial charge in [0.1, 0.15) is 6.54 Å². The lowest BCUT2D eigenvalue weighted by atomic mass is 9.70. The Morgan fingerprint density at radius 2 is 1.46 bits per heavy atom. The van der Waals surface area contributed by atoms with Crippen LogP contribution in [-0.4, -0.2) is 73.1 Å². The molecule has 6 rings (SSSR count). The van der Waals surface area contributed by atoms with Crippen LogP contribution >= 0.6 is 0 Å². The van der Waals surface area contributed by atoms with Gasteiger partial charge in [-0.05, 0) is 61.1 Å². The van der Waals surface area contributed by atoms with Crippen LogP contribution < -0.4 is 10.2 Å². The van der Waals surface area contributed by atoms with Gasteiger partial charge in [-0.1, -0.05) is 86.0 Å². The van der Waals surface area contributed by atoms with Gasteiger partial charge in [-0.2, -0.15) is 13.2 Å². The Bertz CT molecular complexity index is 1440. The third-order valence-electron chi connectivity index (χ3n) is 10.1. The highest BCUT2D eigenvalue weighted by Gasteiger charge is 2.43. The normalized spacial score (nSPS) is 18.1. The molecule has 6 nitrogen and oxygen atoms in total. The van der Waals surface area contributed by atoms with E-state index in [9.17, 15) is 22.8 Å². The predicted octanol–water partition coefficient (Wildman–Crippen LogP) is 6.54. The van der Waals surface area contributed by atoms with Crippen LogP contribution in [0.1, 0.15) is 72.0 Å². The van der Waals surface area contributed by atoms with E-state index in [2.05, 4.69) is 38.2 Å². The van der Waals surface area contributed by atoms with E-state index in [4.69, 9.17) is 0 Å². The van der Waals surface area contributed by atoms with Crippen molar-refractivity contribution in [3.05, 3.63) is 101 Å². The summed E-state index contributed by atoms with van der Waals surface area (Å²) >= 11 is 0. The van der Waals surface area contributed by atoms with E-state index in [1.807, 2.05) is 60.7 Å². The first kappa shape index (κ1) is 32.1. The highest BCUT2D eigenvalue weighted by atomic mass is 19.4. The van der Waals surface area contributed by atoms with Crippen LogP contribution in [0.4, 0.5) is 18.9 Å². The van der Waals surface area contributed by atoms with Gasteiger partial charge >= 0.3 is 6.18 Å². The first-order chi connectivity index (χ1) is 22.2. The number of hydrogen-bond acceptors (Lipinski definition) is 4. The van der Waals surface area contributed by atoms with Crippen molar-refractivity contribution in [1.82, 2.24) is 15.1 Å². The number of fused-ring (bicyclic) bond motifs is 1. The molecule has 1 aliphatic carbocycles. The second-order valence-electron chi connectivity index (χ2n) is 12.9. The van der Waals surface area contributed by atoms with E-state index in [-0.39, 0.29) is 5.91 Å². The van der Waals surface area contributed by atoms with Gasteiger partial charge in [0, 0.05) is 50.0 Å². The lowest BCUT2D eigenvalue weighted by molar-refractivity contribution is -0.141. The summed E-state index contributed by atoms with van der Waals surface area (Å²) in [6.45, 7) is 3.34. The number of benzene rings is 3. The van der Waals surface area contributed by atoms with Crippen molar-refractivity contribution in [2.75, 3.05) is 44.2 Å². The zero-order chi connectivity index (χ0) is 32.1. The lowest BCUT2D eigenvalue weighted by Crippen LogP contribution is -2.49. The molecule has 0 unspecified atom stereocenters. The molecule has 1 saturated heterocycles. The van der Waals surface area contributed by atoms with Crippen LogP contribution in [0, 0.1) is 0 Å². The number of carbonyl (C=O) groups is 2. The van der Waals surface area contributed by atoms with Crippen molar-refractivity contribution >= 4 is 17.5 Å². The largest absolute Gasteiger partial charge is 0.405 e. The Hall–Kier alpha value is -3.85. The number of alkyl halides is 3. The van der Waals surface area contributed by atoms with Crippen LogP contribution in [-0.2, 0) is 16.8 Å². The van der Waals surface area contributed by atoms with E-state index in [0.29, 0.717) is 36.6 Å². The maximum absolute atomic E-state index is 13.8. The van der Waals surface area contributed by atoms with Crippen molar-refractivity contribution in [3.63, 3.8) is 0 Å². The van der Waals surface area contributed by atoms with Crippen molar-refractivity contribution in [2.24, 2.45) is 0 Å². The summed E-state index contributed by atoms with van der Waals surface area (Å²) in [5.41, 5.74) is 3.14. The zero-order valence-electron chi connectivity index (χ0n) is 26.3. The number of carbonyl (C=O) groups excluding carboxylic acids is 2. The van der Waals surface area contributed by atoms with E-state index in [1.165, 1.54) is 19.3 Å². The Labute approximate surface area is 269 Å². The van der Waals surface area contributed by atoms with E-state index in [0.717, 1.165) is 62.4 Å². The number of rotatable bonds is 10. The summed E-state index contributed by atoms with van der Waals surface area (Å²) < 4.78 is 39.6. The maximum Gasteiger partial charge on any atom is 0.405 e. The van der Waals surface area contributed by atoms with Crippen LogP contribution in [0.5, 0.6) is 0 Å². The molecule has 0 aromatic heterocycles. The molecule has 2 amide bonds. The fourth-order valence-corrected chi connectivity index (χ4v) is 7.60. The summed E-state index contributed by atoms with van der Waals surface area (Å²) in [7, 11) is 0. The average Bonchev–Trinajstić information content (AvgIpc) is 3.42. The predicted molar refractivity (Wildman–Crippen MR) is 174 cm³/mol. The Balaban J connectivity index is 1.10. The van der Waals surface area contributed by atoms with Crippen LogP contribution in [0.15, 0.2) is 78.9 Å². The standard InChI is InChI=1S/C37H43F3N4O2/c38-37(39,40)27-41-35(46)36(29-11-4-1-5-12-29,30-13-6-2-7-14-30)19-10-20-42-21-23-43(24-22-42)32-18-17-28-26-44(34(45)33(28)25-32)31-15-8-3-9-16-31/h1-2,4-7,11-14,17-18,25,31H,3,8-10,15-16,19-24,26-27H2,(H,41,46). The third-order valence-corrected chi connectivity index (χ3v) is 10.1. The monoisotopic (exact) mass is 632 g/mol. The molecule has 2 heterocycles. The molecule has 0 bridgehead atoms. The molecule has 9 heteroatoms. The number of hydrogen-bond donors (Lipinski definition) is 1. The molecule has 0 spiro atoms. The summed E-state index contributed by atoms with van der Waals surface area (Å²) in [6, 6.07) is 25.0. The minimum Gasteiger partial charge on any atom is -0.369 e. The van der Waals surface area contributed by atoms with Crippen LogP contribution in [0.25, 0.3) is 0 Å². The summed E-state index contributed by atoms with van der Waals surface area (Å²) in [5.74, 6) is -0.470. The van der Waals surface area contributed by atoms with Crippen LogP contribution in [0.2, 0.25) is 0 Å². The maximum atomic E-state index is 13.8. The van der Waals surface area contributed by atoms with Crippen molar-refractivity contribution < 1.29 is 22.8 Å². The lowest BCUT2D eigenvalue weighted by Gasteiger charge is -2.38. The van der Waals surface area contributed by atoms with Gasteiger partial charge in [0.2, 0.25) is 5.91 Å². The number of nitrogens with zero attached hydrogens (tertiary/aromatic N) is 3. The highest BCUT2D eigenvalue weighted by Crippen LogP contribution is 2.38. The summed E-state index contributed by atoms with van der Waals surface area (Å²) in [6.07, 6.45) is 2.36. The van der Waals surface area contributed by atoms with E-state index < -0.39 is 24.0 Å². The highest BCUT2D eigenvalue weighted by molar-refractivity contribution is 5.99. The topological polar surface area (TPSA) is 55.9 Å². The molecular weight excluding hydrogens is 589 g/mol. The van der Waals surface area contributed by atoms with Crippen LogP contribution in [0.3, 0.4) is 0 Å². The fraction of sp³-hybridized carbons (Fsp3) is 0.459. The fourth-order valence-electron chi connectivity index (χ4n) is 7.60. The van der Waals surface area contributed by atoms with Gasteiger partial charge in [0.05, 0.1) is 5.41 Å². The minimum absolute atomic E-state index is 0.168. The molecular formula is C37H43F3N4O2. The number of anilines is 1. The molecule has 3 aromatic rings. The molecule has 1 N–H and O–H groups in total. The molecule has 46 heavy (non-hydrogen) atoms. The first-order valence-corrected chi connectivity index (χ1v) is 16.6. The molecule has 3 aliphatic rings. The van der Waals surface area contributed by atoms with Gasteiger partial charge in [0.15, 0.2) is 0 Å². The molecule has 0 atom stereocenters. The first-order valence-electron chi connectivity index (χ1n) is 16.6. The number of piperazine rings is 1. The molecule has 2 fully saturated rings. The molecule has 244 valence electrons. The van der Waals surface area contributed by atoms with Gasteiger partial charge in [0.25, 0.3) is 5.91 Å². The second-order valence-corrected chi connectivity index (χ2v) is 12.9. The number of halogens is 3. The van der Waals surface area contributed by atoms with Crippen molar-refractivity contribution in [1.29, 1.82) is 0 Å². The third kappa shape index (κ3) is 6.94. The quantitative estimate of drug-likeness (QED) is 0.276. The Morgan fingerprint density at radius 3 is 2.07 bits per heavy atom. The Kier molecular flexibility index (Phi) is 9.68. The average molecular weight is 633 g/mol. The Morgan fingerprint density at radius 1 is 0.826 bits per heavy atom. The van der Waals surface area contributed by atoms with Gasteiger partial charge in [-0.25, -0.2) is 0 Å². The van der Waals surface area contributed by atoms with E-state index >= 15 is 0 Å². The van der Waals surface area contributed by atoms with Gasteiger partial charge in [-0.15, -0.1) is 0 Å². The molecule has 2 aliphatic heterocycles. The molecule has 0 radical (unpaired) electrons. The zero-order valence-corrected chi connectivity index (χ0v) is 26.3. The number of amides is 2. The second kappa shape index (κ2) is 13.9. The number of nitrogens with one attached hydrogen (secondary N) is 1. The van der Waals surface area contributed by atoms with Crippen molar-refractivity contribution in [2.45, 2.75) is 69.1 Å². The molecule has 3 aromatic carbocycles. The SMILES string of the molecule is O=C1c2cc(N3CCN(CCCC(C(=O)NCC(F)(F)F)(c4ccccc4)c4ccccc4)CC3)ccc2CN1C1CCCCC1. The molecule has 1 saturated carbocycles. The van der Waals surface area contributed by atoms with Crippen molar-refractivity contribution in [3.8, 4) is 0 Å². The van der Waals surface area contributed by atoms with Gasteiger partial charge in [-0.3, -0.25) is 14.5 Å². The van der Waals surface area contributed by atoms with Gasteiger partial charge < -0.3 is 15.1 Å². The summed E-state index contributed by atoms with van der Waals surface area (Å²) in [4.78, 5) is 33.9. The smallest absolute Gasteiger partial charge is 0.369 e.